The Morgan fingerprint density at radius 2 is 1.95 bits per heavy atom. The number of aromatic hydroxyl groups is 1. The van der Waals surface area contributed by atoms with E-state index in [9.17, 15) is 8.42 Å². The molecular weight excluding hydrogens is 315 g/mol. The van der Waals surface area contributed by atoms with Gasteiger partial charge in [0, 0.05) is 0 Å². The number of nitrogens with zero attached hydrogens (tertiary/aromatic N) is 2. The van der Waals surface area contributed by atoms with Crippen LogP contribution in [0, 0.1) is 0 Å². The highest BCUT2D eigenvalue weighted by Crippen LogP contribution is 2.32. The van der Waals surface area contributed by atoms with E-state index in [1.807, 2.05) is 0 Å². The summed E-state index contributed by atoms with van der Waals surface area (Å²) in [5.74, 6) is -0.00299. The first-order valence-corrected chi connectivity index (χ1v) is 7.14. The van der Waals surface area contributed by atoms with Gasteiger partial charge in [0.05, 0.1) is 29.0 Å². The van der Waals surface area contributed by atoms with Gasteiger partial charge >= 0.3 is 0 Å². The first-order chi connectivity index (χ1) is 8.79. The second-order valence-corrected chi connectivity index (χ2v) is 5.87. The van der Waals surface area contributed by atoms with Crippen molar-refractivity contribution in [2.45, 2.75) is 11.4 Å². The fourth-order valence-electron chi connectivity index (χ4n) is 1.51. The number of benzene rings is 1. The van der Waals surface area contributed by atoms with Crippen LogP contribution < -0.4 is 0 Å². The summed E-state index contributed by atoms with van der Waals surface area (Å²) in [5.41, 5.74) is 0.502. The highest BCUT2D eigenvalue weighted by atomic mass is 35.5. The van der Waals surface area contributed by atoms with Gasteiger partial charge in [-0.3, -0.25) is 9.23 Å². The molecular formula is C10H8Cl2N2O4S. The maximum Gasteiger partial charge on any atom is 0.296 e. The lowest BCUT2D eigenvalue weighted by atomic mass is 10.2. The minimum absolute atomic E-state index is 0.00299. The Labute approximate surface area is 118 Å². The Hall–Kier alpha value is -1.28. The van der Waals surface area contributed by atoms with Gasteiger partial charge in [-0.15, -0.1) is 0 Å². The molecule has 2 rings (SSSR count). The molecule has 0 amide bonds. The number of halogens is 2. The Balaban J connectivity index is 2.42. The van der Waals surface area contributed by atoms with Crippen LogP contribution in [0.1, 0.15) is 5.56 Å². The van der Waals surface area contributed by atoms with Crippen LogP contribution in [-0.2, 0) is 16.7 Å². The summed E-state index contributed by atoms with van der Waals surface area (Å²) in [6.07, 6.45) is 2.63. The molecule has 0 spiro atoms. The number of aromatic nitrogens is 2. The van der Waals surface area contributed by atoms with Crippen molar-refractivity contribution in [3.63, 3.8) is 0 Å². The van der Waals surface area contributed by atoms with E-state index in [-0.39, 0.29) is 22.3 Å². The third-order valence-corrected chi connectivity index (χ3v) is 4.29. The van der Waals surface area contributed by atoms with Crippen molar-refractivity contribution in [1.29, 1.82) is 0 Å². The molecule has 0 atom stereocenters. The molecule has 0 bridgehead atoms. The van der Waals surface area contributed by atoms with Crippen LogP contribution in [0.4, 0.5) is 0 Å². The predicted molar refractivity (Wildman–Crippen MR) is 69.3 cm³/mol. The highest BCUT2D eigenvalue weighted by molar-refractivity contribution is 7.86. The largest absolute Gasteiger partial charge is 0.505 e. The molecule has 1 aromatic carbocycles. The summed E-state index contributed by atoms with van der Waals surface area (Å²) in [4.78, 5) is -0.453. The summed E-state index contributed by atoms with van der Waals surface area (Å²) in [6, 6.07) is 2.57. The molecule has 1 heterocycles. The molecule has 0 radical (unpaired) electrons. The van der Waals surface area contributed by atoms with Gasteiger partial charge in [0.2, 0.25) is 0 Å². The van der Waals surface area contributed by atoms with E-state index in [0.717, 1.165) is 6.07 Å². The van der Waals surface area contributed by atoms with E-state index in [4.69, 9.17) is 32.9 Å². The molecule has 6 nitrogen and oxygen atoms in total. The van der Waals surface area contributed by atoms with Gasteiger partial charge in [0.25, 0.3) is 10.1 Å². The molecule has 19 heavy (non-hydrogen) atoms. The molecule has 0 aliphatic carbocycles. The highest BCUT2D eigenvalue weighted by Gasteiger charge is 2.19. The van der Waals surface area contributed by atoms with Crippen molar-refractivity contribution in [2.24, 2.45) is 0 Å². The average Bonchev–Trinajstić information content (AvgIpc) is 2.69. The molecule has 0 fully saturated rings. The molecule has 9 heteroatoms. The second kappa shape index (κ2) is 5.01. The molecule has 0 aliphatic rings. The summed E-state index contributed by atoms with van der Waals surface area (Å²) < 4.78 is 32.4. The molecule has 0 unspecified atom stereocenters. The molecule has 1 aromatic heterocycles. The lowest BCUT2D eigenvalue weighted by Crippen LogP contribution is -2.04. The number of hydrogen-bond donors (Lipinski definition) is 2. The normalized spacial score (nSPS) is 11.7. The summed E-state index contributed by atoms with van der Waals surface area (Å²) in [6.45, 7) is 0.199. The third-order valence-electron chi connectivity index (χ3n) is 2.36. The van der Waals surface area contributed by atoms with E-state index in [1.54, 1.807) is 0 Å². The van der Waals surface area contributed by atoms with E-state index in [2.05, 4.69) is 5.10 Å². The Morgan fingerprint density at radius 1 is 1.26 bits per heavy atom. The molecule has 0 saturated carbocycles. The van der Waals surface area contributed by atoms with Gasteiger partial charge in [-0.25, -0.2) is 0 Å². The zero-order valence-corrected chi connectivity index (χ0v) is 11.6. The molecule has 102 valence electrons. The summed E-state index contributed by atoms with van der Waals surface area (Å²) in [7, 11) is -4.42. The zero-order valence-electron chi connectivity index (χ0n) is 9.29. The van der Waals surface area contributed by atoms with Crippen LogP contribution in [0.5, 0.6) is 5.75 Å². The fourth-order valence-corrected chi connectivity index (χ4v) is 2.83. The topological polar surface area (TPSA) is 92.4 Å². The van der Waals surface area contributed by atoms with Gasteiger partial charge in [0.1, 0.15) is 4.90 Å². The molecule has 0 aliphatic heterocycles. The summed E-state index contributed by atoms with van der Waals surface area (Å²) in [5, 5.41) is 12.8. The van der Waals surface area contributed by atoms with E-state index in [0.29, 0.717) is 5.56 Å². The van der Waals surface area contributed by atoms with Crippen molar-refractivity contribution in [3.8, 4) is 5.75 Å². The van der Waals surface area contributed by atoms with Crippen LogP contribution in [0.25, 0.3) is 0 Å². The first-order valence-electron chi connectivity index (χ1n) is 4.95. The van der Waals surface area contributed by atoms with Gasteiger partial charge in [-0.05, 0) is 11.6 Å². The quantitative estimate of drug-likeness (QED) is 0.845. The molecule has 0 saturated heterocycles. The lowest BCUT2D eigenvalue weighted by Gasteiger charge is -2.08. The molecule has 2 aromatic rings. The van der Waals surface area contributed by atoms with Crippen LogP contribution in [0.3, 0.4) is 0 Å². The van der Waals surface area contributed by atoms with Gasteiger partial charge in [0.15, 0.2) is 5.75 Å². The van der Waals surface area contributed by atoms with E-state index >= 15 is 0 Å². The van der Waals surface area contributed by atoms with E-state index in [1.165, 1.54) is 23.1 Å². The number of rotatable bonds is 3. The standard InChI is InChI=1S/C10H8Cl2N2O4S/c11-9-6(4-14-5-7(15)3-13-14)1-2-8(10(9)12)19(16,17)18/h1-3,5,15H,4H2,(H,16,17,18). The first kappa shape index (κ1) is 14.1. The van der Waals surface area contributed by atoms with Crippen LogP contribution in [0.15, 0.2) is 29.4 Å². The Kier molecular flexibility index (Phi) is 3.73. The van der Waals surface area contributed by atoms with Crippen molar-refractivity contribution in [2.75, 3.05) is 0 Å². The predicted octanol–water partition coefficient (Wildman–Crippen LogP) is 2.19. The molecule has 2 N–H and O–H groups in total. The monoisotopic (exact) mass is 322 g/mol. The van der Waals surface area contributed by atoms with Gasteiger partial charge < -0.3 is 5.11 Å². The van der Waals surface area contributed by atoms with Crippen molar-refractivity contribution >= 4 is 33.3 Å². The minimum Gasteiger partial charge on any atom is -0.505 e. The van der Waals surface area contributed by atoms with Gasteiger partial charge in [-0.2, -0.15) is 13.5 Å². The zero-order chi connectivity index (χ0) is 14.2. The van der Waals surface area contributed by atoms with Crippen molar-refractivity contribution < 1.29 is 18.1 Å². The Morgan fingerprint density at radius 3 is 2.47 bits per heavy atom. The van der Waals surface area contributed by atoms with Crippen LogP contribution >= 0.6 is 23.2 Å². The minimum atomic E-state index is -4.42. The van der Waals surface area contributed by atoms with Crippen molar-refractivity contribution in [1.82, 2.24) is 9.78 Å². The van der Waals surface area contributed by atoms with Crippen LogP contribution in [-0.4, -0.2) is 27.9 Å². The van der Waals surface area contributed by atoms with Gasteiger partial charge in [-0.1, -0.05) is 29.3 Å². The van der Waals surface area contributed by atoms with E-state index < -0.39 is 15.0 Å². The van der Waals surface area contributed by atoms with Crippen molar-refractivity contribution in [3.05, 3.63) is 40.1 Å². The average molecular weight is 323 g/mol. The lowest BCUT2D eigenvalue weighted by molar-refractivity contribution is 0.474. The second-order valence-electron chi connectivity index (χ2n) is 3.72. The SMILES string of the molecule is O=S(=O)(O)c1ccc(Cn2cc(O)cn2)c(Cl)c1Cl. The Bertz CT molecular complexity index is 727. The third kappa shape index (κ3) is 3.01. The smallest absolute Gasteiger partial charge is 0.296 e. The van der Waals surface area contributed by atoms with Crippen LogP contribution in [0.2, 0.25) is 10.0 Å². The fraction of sp³-hybridized carbons (Fsp3) is 0.100. The summed E-state index contributed by atoms with van der Waals surface area (Å²) >= 11 is 11.8. The maximum atomic E-state index is 11.0. The maximum absolute atomic E-state index is 11.0. The number of hydrogen-bond acceptors (Lipinski definition) is 4.